The monoisotopic (exact) mass is 290 g/mol. The molecule has 1 unspecified atom stereocenters. The molecule has 1 aromatic rings. The largest absolute Gasteiger partial charge is 0.396 e. The van der Waals surface area contributed by atoms with E-state index in [0.717, 1.165) is 12.1 Å². The minimum atomic E-state index is -3.82. The Balaban J connectivity index is 2.98. The van der Waals surface area contributed by atoms with E-state index < -0.39 is 21.9 Å². The third-order valence-electron chi connectivity index (χ3n) is 2.84. The van der Waals surface area contributed by atoms with Crippen LogP contribution in [0.1, 0.15) is 19.4 Å². The molecule has 1 atom stereocenters. The first kappa shape index (κ1) is 15.9. The molecule has 0 radical (unpaired) electrons. The summed E-state index contributed by atoms with van der Waals surface area (Å²) in [5.41, 5.74) is 5.41. The molecule has 0 aromatic heterocycles. The van der Waals surface area contributed by atoms with Crippen molar-refractivity contribution in [3.05, 3.63) is 23.5 Å². The van der Waals surface area contributed by atoms with Gasteiger partial charge in [-0.05, 0) is 30.5 Å². The van der Waals surface area contributed by atoms with Crippen molar-refractivity contribution in [1.82, 2.24) is 4.72 Å². The lowest BCUT2D eigenvalue weighted by atomic mass is 10.1. The number of aliphatic hydroxyl groups excluding tert-OH is 1. The summed E-state index contributed by atoms with van der Waals surface area (Å²) in [5.74, 6) is -0.722. The first-order valence-electron chi connectivity index (χ1n) is 5.88. The van der Waals surface area contributed by atoms with Crippen molar-refractivity contribution in [2.24, 2.45) is 5.92 Å². The van der Waals surface area contributed by atoms with Crippen LogP contribution >= 0.6 is 0 Å². The van der Waals surface area contributed by atoms with E-state index in [1.807, 2.05) is 0 Å². The second kappa shape index (κ2) is 5.85. The summed E-state index contributed by atoms with van der Waals surface area (Å²) in [4.78, 5) is -0.0812. The number of sulfonamides is 1. The van der Waals surface area contributed by atoms with Gasteiger partial charge in [0.2, 0.25) is 10.0 Å². The van der Waals surface area contributed by atoms with Gasteiger partial charge in [-0.25, -0.2) is 17.5 Å². The van der Waals surface area contributed by atoms with Crippen LogP contribution in [0.2, 0.25) is 0 Å². The van der Waals surface area contributed by atoms with E-state index in [2.05, 4.69) is 4.72 Å². The average Bonchev–Trinajstić information content (AvgIpc) is 2.30. The van der Waals surface area contributed by atoms with Crippen LogP contribution in [0.25, 0.3) is 0 Å². The molecule has 0 amide bonds. The molecule has 4 N–H and O–H groups in total. The number of anilines is 1. The highest BCUT2D eigenvalue weighted by molar-refractivity contribution is 7.89. The molecular weight excluding hydrogens is 271 g/mol. The van der Waals surface area contributed by atoms with Gasteiger partial charge >= 0.3 is 0 Å². The van der Waals surface area contributed by atoms with Crippen molar-refractivity contribution in [1.29, 1.82) is 0 Å². The number of nitrogens with two attached hydrogens (primary N) is 1. The molecule has 5 nitrogen and oxygen atoms in total. The van der Waals surface area contributed by atoms with E-state index in [9.17, 15) is 17.9 Å². The van der Waals surface area contributed by atoms with Crippen LogP contribution in [0.5, 0.6) is 0 Å². The number of hydrogen-bond acceptors (Lipinski definition) is 4. The molecule has 0 aliphatic rings. The SMILES string of the molecule is Cc1cc(F)c(N)cc1S(=O)(=O)NCC(O)C(C)C. The molecule has 0 saturated heterocycles. The van der Waals surface area contributed by atoms with Gasteiger partial charge in [-0.1, -0.05) is 13.8 Å². The van der Waals surface area contributed by atoms with Gasteiger partial charge in [-0.3, -0.25) is 0 Å². The Labute approximate surface area is 112 Å². The first-order valence-corrected chi connectivity index (χ1v) is 7.37. The van der Waals surface area contributed by atoms with Crippen LogP contribution in [-0.2, 0) is 10.0 Å². The molecule has 0 fully saturated rings. The van der Waals surface area contributed by atoms with Gasteiger partial charge in [-0.15, -0.1) is 0 Å². The highest BCUT2D eigenvalue weighted by Gasteiger charge is 2.20. The van der Waals surface area contributed by atoms with E-state index in [4.69, 9.17) is 5.73 Å². The second-order valence-electron chi connectivity index (χ2n) is 4.80. The quantitative estimate of drug-likeness (QED) is 0.706. The van der Waals surface area contributed by atoms with E-state index in [1.54, 1.807) is 13.8 Å². The predicted octanol–water partition coefficient (Wildman–Crippen LogP) is 1.01. The molecule has 0 aliphatic carbocycles. The maximum absolute atomic E-state index is 13.2. The molecule has 0 spiro atoms. The van der Waals surface area contributed by atoms with Crippen molar-refractivity contribution in [2.45, 2.75) is 31.8 Å². The third-order valence-corrected chi connectivity index (χ3v) is 4.40. The molecule has 7 heteroatoms. The number of aryl methyl sites for hydroxylation is 1. The molecule has 1 aromatic carbocycles. The topological polar surface area (TPSA) is 92.4 Å². The maximum Gasteiger partial charge on any atom is 0.240 e. The summed E-state index contributed by atoms with van der Waals surface area (Å²) in [6, 6.07) is 2.15. The Hall–Kier alpha value is -1.18. The molecule has 0 heterocycles. The summed E-state index contributed by atoms with van der Waals surface area (Å²) in [5, 5.41) is 9.59. The van der Waals surface area contributed by atoms with Crippen LogP contribution in [-0.4, -0.2) is 26.2 Å². The Bertz CT molecular complexity index is 558. The van der Waals surface area contributed by atoms with Crippen molar-refractivity contribution in [2.75, 3.05) is 12.3 Å². The highest BCUT2D eigenvalue weighted by atomic mass is 32.2. The zero-order valence-electron chi connectivity index (χ0n) is 11.1. The summed E-state index contributed by atoms with van der Waals surface area (Å²) < 4.78 is 39.6. The summed E-state index contributed by atoms with van der Waals surface area (Å²) in [7, 11) is -3.82. The minimum Gasteiger partial charge on any atom is -0.396 e. The van der Waals surface area contributed by atoms with E-state index >= 15 is 0 Å². The van der Waals surface area contributed by atoms with Gasteiger partial charge in [0.15, 0.2) is 0 Å². The molecular formula is C12H19FN2O3S. The van der Waals surface area contributed by atoms with E-state index in [1.165, 1.54) is 6.92 Å². The maximum atomic E-state index is 13.2. The third kappa shape index (κ3) is 3.89. The zero-order valence-corrected chi connectivity index (χ0v) is 12.0. The van der Waals surface area contributed by atoms with Crippen molar-refractivity contribution >= 4 is 15.7 Å². The van der Waals surface area contributed by atoms with E-state index in [0.29, 0.717) is 0 Å². The Kier molecular flexibility index (Phi) is 4.89. The lowest BCUT2D eigenvalue weighted by molar-refractivity contribution is 0.129. The number of benzene rings is 1. The van der Waals surface area contributed by atoms with Crippen LogP contribution in [0.3, 0.4) is 0 Å². The molecule has 0 bridgehead atoms. The van der Waals surface area contributed by atoms with Crippen LogP contribution in [0.15, 0.2) is 17.0 Å². The Morgan fingerprint density at radius 1 is 1.42 bits per heavy atom. The zero-order chi connectivity index (χ0) is 14.8. The van der Waals surface area contributed by atoms with Gasteiger partial charge in [-0.2, -0.15) is 0 Å². The van der Waals surface area contributed by atoms with Gasteiger partial charge in [0.1, 0.15) is 5.82 Å². The fourth-order valence-corrected chi connectivity index (χ4v) is 2.78. The minimum absolute atomic E-state index is 0.0675. The molecule has 1 rings (SSSR count). The first-order chi connectivity index (χ1) is 8.65. The lowest BCUT2D eigenvalue weighted by Gasteiger charge is -2.16. The fraction of sp³-hybridized carbons (Fsp3) is 0.500. The molecule has 108 valence electrons. The van der Waals surface area contributed by atoms with Gasteiger partial charge < -0.3 is 10.8 Å². The Morgan fingerprint density at radius 3 is 2.53 bits per heavy atom. The number of nitrogen functional groups attached to an aromatic ring is 1. The van der Waals surface area contributed by atoms with Gasteiger partial charge in [0, 0.05) is 6.54 Å². The van der Waals surface area contributed by atoms with Crippen LogP contribution < -0.4 is 10.5 Å². The normalized spacial score (nSPS) is 13.8. The predicted molar refractivity (Wildman–Crippen MR) is 71.6 cm³/mol. The number of aliphatic hydroxyl groups is 1. The molecule has 19 heavy (non-hydrogen) atoms. The number of halogens is 1. The summed E-state index contributed by atoms with van der Waals surface area (Å²) in [6.07, 6.45) is -0.784. The van der Waals surface area contributed by atoms with Gasteiger partial charge in [0.25, 0.3) is 0 Å². The summed E-state index contributed by atoms with van der Waals surface area (Å²) in [6.45, 7) is 4.94. The van der Waals surface area contributed by atoms with Crippen LogP contribution in [0.4, 0.5) is 10.1 Å². The second-order valence-corrected chi connectivity index (χ2v) is 6.54. The molecule has 0 saturated carbocycles. The smallest absolute Gasteiger partial charge is 0.240 e. The van der Waals surface area contributed by atoms with E-state index in [-0.39, 0.29) is 28.6 Å². The van der Waals surface area contributed by atoms with Crippen molar-refractivity contribution in [3.8, 4) is 0 Å². The number of rotatable bonds is 5. The van der Waals surface area contributed by atoms with Crippen molar-refractivity contribution < 1.29 is 17.9 Å². The standard InChI is InChI=1S/C12H19FN2O3S/c1-7(2)11(16)6-15-19(17,18)12-5-10(14)9(13)4-8(12)3/h4-5,7,11,15-16H,6,14H2,1-3H3. The molecule has 0 aliphatic heterocycles. The summed E-state index contributed by atoms with van der Waals surface area (Å²) >= 11 is 0. The van der Waals surface area contributed by atoms with Crippen molar-refractivity contribution in [3.63, 3.8) is 0 Å². The number of hydrogen-bond donors (Lipinski definition) is 3. The Morgan fingerprint density at radius 2 is 2.00 bits per heavy atom. The van der Waals surface area contributed by atoms with Crippen LogP contribution in [0, 0.1) is 18.7 Å². The number of nitrogens with one attached hydrogen (secondary N) is 1. The van der Waals surface area contributed by atoms with Gasteiger partial charge in [0.05, 0.1) is 16.7 Å². The fourth-order valence-electron chi connectivity index (χ4n) is 1.47. The average molecular weight is 290 g/mol. The lowest BCUT2D eigenvalue weighted by Crippen LogP contribution is -2.35. The highest BCUT2D eigenvalue weighted by Crippen LogP contribution is 2.21.